The number of benzene rings is 1. The zero-order chi connectivity index (χ0) is 12.6. The fourth-order valence-corrected chi connectivity index (χ4v) is 1.74. The molecular formula is C13H15N3O. The topological polar surface area (TPSA) is 75.8 Å². The van der Waals surface area contributed by atoms with E-state index in [1.165, 1.54) is 0 Å². The van der Waals surface area contributed by atoms with E-state index < -0.39 is 5.41 Å². The van der Waals surface area contributed by atoms with Crippen LogP contribution in [0.5, 0.6) is 0 Å². The second kappa shape index (κ2) is 3.86. The molecule has 4 nitrogen and oxygen atoms in total. The van der Waals surface area contributed by atoms with E-state index in [0.29, 0.717) is 5.89 Å². The van der Waals surface area contributed by atoms with E-state index >= 15 is 0 Å². The number of aryl methyl sites for hydroxylation is 1. The molecule has 2 N–H and O–H groups in total. The van der Waals surface area contributed by atoms with E-state index in [9.17, 15) is 0 Å². The van der Waals surface area contributed by atoms with Gasteiger partial charge < -0.3 is 10.2 Å². The molecule has 1 heterocycles. The Hall–Kier alpha value is -1.86. The molecule has 17 heavy (non-hydrogen) atoms. The van der Waals surface area contributed by atoms with E-state index in [1.54, 1.807) is 6.92 Å². The summed E-state index contributed by atoms with van der Waals surface area (Å²) in [6.07, 6.45) is 0. The van der Waals surface area contributed by atoms with Crippen LogP contribution in [0.15, 0.2) is 22.6 Å². The van der Waals surface area contributed by atoms with Crippen molar-refractivity contribution < 1.29 is 4.42 Å². The summed E-state index contributed by atoms with van der Waals surface area (Å²) in [6.45, 7) is 5.46. The smallest absolute Gasteiger partial charge is 0.192 e. The van der Waals surface area contributed by atoms with Gasteiger partial charge in [0.2, 0.25) is 0 Å². The molecule has 0 radical (unpaired) electrons. The molecule has 0 aliphatic rings. The lowest BCUT2D eigenvalue weighted by Gasteiger charge is -2.24. The monoisotopic (exact) mass is 229 g/mol. The molecule has 0 spiro atoms. The van der Waals surface area contributed by atoms with Gasteiger partial charge in [-0.25, -0.2) is 4.98 Å². The zero-order valence-corrected chi connectivity index (χ0v) is 10.2. The average Bonchev–Trinajstić information content (AvgIpc) is 2.66. The highest BCUT2D eigenvalue weighted by atomic mass is 16.3. The van der Waals surface area contributed by atoms with Gasteiger partial charge >= 0.3 is 0 Å². The highest BCUT2D eigenvalue weighted by Gasteiger charge is 2.27. The Labute approximate surface area is 100 Å². The summed E-state index contributed by atoms with van der Waals surface area (Å²) in [7, 11) is 0. The number of rotatable bonds is 2. The van der Waals surface area contributed by atoms with Crippen molar-refractivity contribution in [3.63, 3.8) is 0 Å². The van der Waals surface area contributed by atoms with Crippen LogP contribution in [-0.2, 0) is 0 Å². The summed E-state index contributed by atoms with van der Waals surface area (Å²) in [4.78, 5) is 4.26. The number of hydrogen-bond donors (Lipinski definition) is 1. The molecule has 0 fully saturated rings. The standard InChI is InChI=1S/C13H15N3O/c1-8-16-10-6-9(4-5-11(10)17-8)12(15)13(2,3)7-14/h4-6,12H,15H2,1-3H3. The van der Waals surface area contributed by atoms with E-state index in [-0.39, 0.29) is 6.04 Å². The molecule has 0 amide bonds. The molecule has 4 heteroatoms. The third kappa shape index (κ3) is 2.02. The maximum absolute atomic E-state index is 9.08. The van der Waals surface area contributed by atoms with Crippen LogP contribution in [0, 0.1) is 23.7 Å². The number of fused-ring (bicyclic) bond motifs is 1. The molecule has 0 saturated carbocycles. The van der Waals surface area contributed by atoms with Gasteiger partial charge in [-0.05, 0) is 31.5 Å². The quantitative estimate of drug-likeness (QED) is 0.858. The summed E-state index contributed by atoms with van der Waals surface area (Å²) in [6, 6.07) is 7.50. The lowest BCUT2D eigenvalue weighted by Crippen LogP contribution is -2.27. The largest absolute Gasteiger partial charge is 0.441 e. The number of nitrogens with two attached hydrogens (primary N) is 1. The molecule has 0 bridgehead atoms. The molecule has 0 saturated heterocycles. The Bertz CT molecular complexity index is 592. The minimum absolute atomic E-state index is 0.339. The summed E-state index contributed by atoms with van der Waals surface area (Å²) in [5.74, 6) is 0.630. The SMILES string of the molecule is Cc1nc2cc(C(N)C(C)(C)C#N)ccc2o1. The molecule has 2 rings (SSSR count). The lowest BCUT2D eigenvalue weighted by molar-refractivity contribution is 0.394. The zero-order valence-electron chi connectivity index (χ0n) is 10.2. The van der Waals surface area contributed by atoms with Crippen LogP contribution in [0.25, 0.3) is 11.1 Å². The van der Waals surface area contributed by atoms with Crippen molar-refractivity contribution in [1.29, 1.82) is 5.26 Å². The predicted octanol–water partition coefficient (Wildman–Crippen LogP) is 2.69. The van der Waals surface area contributed by atoms with Gasteiger partial charge in [0.1, 0.15) is 5.52 Å². The molecule has 1 atom stereocenters. The minimum atomic E-state index is -0.605. The van der Waals surface area contributed by atoms with Crippen LogP contribution in [-0.4, -0.2) is 4.98 Å². The predicted molar refractivity (Wildman–Crippen MR) is 65.1 cm³/mol. The molecule has 1 aromatic carbocycles. The van der Waals surface area contributed by atoms with Gasteiger partial charge in [0, 0.05) is 13.0 Å². The third-order valence-electron chi connectivity index (χ3n) is 2.94. The van der Waals surface area contributed by atoms with Crippen molar-refractivity contribution in [2.45, 2.75) is 26.8 Å². The van der Waals surface area contributed by atoms with E-state index in [1.807, 2.05) is 32.0 Å². The summed E-state index contributed by atoms with van der Waals surface area (Å²) in [5, 5.41) is 9.08. The Balaban J connectivity index is 2.46. The average molecular weight is 229 g/mol. The van der Waals surface area contributed by atoms with Gasteiger partial charge in [-0.1, -0.05) is 6.07 Å². The number of aromatic nitrogens is 1. The van der Waals surface area contributed by atoms with Crippen LogP contribution >= 0.6 is 0 Å². The van der Waals surface area contributed by atoms with E-state index in [2.05, 4.69) is 11.1 Å². The minimum Gasteiger partial charge on any atom is -0.441 e. The van der Waals surface area contributed by atoms with Crippen molar-refractivity contribution >= 4 is 11.1 Å². The molecule has 0 aliphatic carbocycles. The number of nitrogens with zero attached hydrogens (tertiary/aromatic N) is 2. The van der Waals surface area contributed by atoms with Crippen molar-refractivity contribution in [1.82, 2.24) is 4.98 Å². The maximum atomic E-state index is 9.08. The van der Waals surface area contributed by atoms with Crippen LogP contribution in [0.2, 0.25) is 0 Å². The normalized spacial score (nSPS) is 13.6. The number of oxazole rings is 1. The van der Waals surface area contributed by atoms with Crippen molar-refractivity contribution in [2.24, 2.45) is 11.1 Å². The first kappa shape index (κ1) is 11.6. The fraction of sp³-hybridized carbons (Fsp3) is 0.385. The molecule has 1 aromatic heterocycles. The van der Waals surface area contributed by atoms with E-state index in [4.69, 9.17) is 15.4 Å². The number of hydrogen-bond acceptors (Lipinski definition) is 4. The summed E-state index contributed by atoms with van der Waals surface area (Å²) < 4.78 is 5.40. The first-order valence-electron chi connectivity index (χ1n) is 5.48. The van der Waals surface area contributed by atoms with Gasteiger partial charge in [0.25, 0.3) is 0 Å². The van der Waals surface area contributed by atoms with Crippen LogP contribution in [0.4, 0.5) is 0 Å². The first-order valence-corrected chi connectivity index (χ1v) is 5.48. The highest BCUT2D eigenvalue weighted by Crippen LogP contribution is 2.31. The Morgan fingerprint density at radius 2 is 2.18 bits per heavy atom. The Morgan fingerprint density at radius 1 is 1.47 bits per heavy atom. The maximum Gasteiger partial charge on any atom is 0.192 e. The molecule has 88 valence electrons. The van der Waals surface area contributed by atoms with Crippen molar-refractivity contribution in [3.8, 4) is 6.07 Å². The van der Waals surface area contributed by atoms with Crippen molar-refractivity contribution in [2.75, 3.05) is 0 Å². The molecular weight excluding hydrogens is 214 g/mol. The number of nitriles is 1. The molecule has 2 aromatic rings. The Kier molecular flexibility index (Phi) is 2.64. The molecule has 0 aliphatic heterocycles. The van der Waals surface area contributed by atoms with Gasteiger partial charge in [-0.3, -0.25) is 0 Å². The second-order valence-corrected chi connectivity index (χ2v) is 4.77. The summed E-state index contributed by atoms with van der Waals surface area (Å²) >= 11 is 0. The van der Waals surface area contributed by atoms with Crippen LogP contribution < -0.4 is 5.73 Å². The lowest BCUT2D eigenvalue weighted by atomic mass is 9.82. The van der Waals surface area contributed by atoms with Gasteiger partial charge in [0.15, 0.2) is 11.5 Å². The van der Waals surface area contributed by atoms with Crippen molar-refractivity contribution in [3.05, 3.63) is 29.7 Å². The van der Waals surface area contributed by atoms with Crippen LogP contribution in [0.3, 0.4) is 0 Å². The third-order valence-corrected chi connectivity index (χ3v) is 2.94. The van der Waals surface area contributed by atoms with Gasteiger partial charge in [0.05, 0.1) is 11.5 Å². The summed E-state index contributed by atoms with van der Waals surface area (Å²) in [5.41, 5.74) is 7.92. The fourth-order valence-electron chi connectivity index (χ4n) is 1.74. The van der Waals surface area contributed by atoms with Crippen LogP contribution in [0.1, 0.15) is 31.3 Å². The van der Waals surface area contributed by atoms with Gasteiger partial charge in [-0.15, -0.1) is 0 Å². The van der Waals surface area contributed by atoms with E-state index in [0.717, 1.165) is 16.7 Å². The first-order chi connectivity index (χ1) is 7.94. The second-order valence-electron chi connectivity index (χ2n) is 4.77. The molecule has 1 unspecified atom stereocenters. The van der Waals surface area contributed by atoms with Gasteiger partial charge in [-0.2, -0.15) is 5.26 Å². The highest BCUT2D eigenvalue weighted by molar-refractivity contribution is 5.73. The Morgan fingerprint density at radius 3 is 2.82 bits per heavy atom.